The van der Waals surface area contributed by atoms with Crippen LogP contribution in [0.25, 0.3) is 0 Å². The Kier molecular flexibility index (Phi) is 5.94. The number of nitrogens with one attached hydrogen (secondary N) is 1. The van der Waals surface area contributed by atoms with Crippen molar-refractivity contribution in [1.82, 2.24) is 15.1 Å². The zero-order valence-electron chi connectivity index (χ0n) is 17.7. The second-order valence-corrected chi connectivity index (χ2v) is 8.07. The van der Waals surface area contributed by atoms with Gasteiger partial charge >= 0.3 is 6.03 Å². The van der Waals surface area contributed by atoms with E-state index in [2.05, 4.69) is 43.4 Å². The van der Waals surface area contributed by atoms with Gasteiger partial charge in [-0.1, -0.05) is 50.2 Å². The number of carbonyl (C=O) groups excluding carboxylic acids is 2. The molecule has 1 aliphatic heterocycles. The van der Waals surface area contributed by atoms with E-state index in [1.807, 2.05) is 30.1 Å². The Balaban J connectivity index is 1.70. The van der Waals surface area contributed by atoms with Crippen molar-refractivity contribution in [2.75, 3.05) is 20.8 Å². The topological polar surface area (TPSA) is 61.9 Å². The number of hydrogen-bond donors (Lipinski definition) is 1. The van der Waals surface area contributed by atoms with Crippen LogP contribution in [-0.4, -0.2) is 42.6 Å². The highest BCUT2D eigenvalue weighted by atomic mass is 16.5. The van der Waals surface area contributed by atoms with Gasteiger partial charge in [0.15, 0.2) is 0 Å². The molecule has 1 fully saturated rings. The molecule has 29 heavy (non-hydrogen) atoms. The molecule has 3 rings (SSSR count). The summed E-state index contributed by atoms with van der Waals surface area (Å²) in [6.07, 6.45) is 0. The van der Waals surface area contributed by atoms with Gasteiger partial charge in [-0.15, -0.1) is 0 Å². The first-order valence-electron chi connectivity index (χ1n) is 9.80. The third-order valence-electron chi connectivity index (χ3n) is 5.40. The fourth-order valence-corrected chi connectivity index (χ4v) is 3.57. The highest BCUT2D eigenvalue weighted by Gasteiger charge is 2.49. The molecule has 154 valence electrons. The van der Waals surface area contributed by atoms with Gasteiger partial charge in [-0.25, -0.2) is 9.69 Å². The van der Waals surface area contributed by atoms with Crippen LogP contribution in [0.2, 0.25) is 0 Å². The van der Waals surface area contributed by atoms with E-state index in [1.165, 1.54) is 10.5 Å². The number of urea groups is 1. The molecule has 2 aromatic rings. The van der Waals surface area contributed by atoms with E-state index in [-0.39, 0.29) is 18.6 Å². The third-order valence-corrected chi connectivity index (χ3v) is 5.40. The first kappa shape index (κ1) is 20.9. The average molecular weight is 396 g/mol. The van der Waals surface area contributed by atoms with Gasteiger partial charge in [0, 0.05) is 6.54 Å². The molecule has 0 spiro atoms. The zero-order chi connectivity index (χ0) is 21.2. The smallest absolute Gasteiger partial charge is 0.326 e. The molecule has 1 aliphatic rings. The Bertz CT molecular complexity index is 894. The summed E-state index contributed by atoms with van der Waals surface area (Å²) >= 11 is 0. The lowest BCUT2D eigenvalue weighted by Crippen LogP contribution is -2.42. The van der Waals surface area contributed by atoms with Gasteiger partial charge in [0.25, 0.3) is 5.91 Å². The molecular weight excluding hydrogens is 366 g/mol. The number of methoxy groups -OCH3 is 1. The van der Waals surface area contributed by atoms with Crippen LogP contribution >= 0.6 is 0 Å². The lowest BCUT2D eigenvalue weighted by Gasteiger charge is -2.25. The van der Waals surface area contributed by atoms with Crippen LogP contribution in [0.15, 0.2) is 48.5 Å². The second kappa shape index (κ2) is 8.25. The van der Waals surface area contributed by atoms with Crippen molar-refractivity contribution in [3.05, 3.63) is 65.2 Å². The van der Waals surface area contributed by atoms with Gasteiger partial charge in [0.2, 0.25) is 0 Å². The minimum atomic E-state index is -1.11. The summed E-state index contributed by atoms with van der Waals surface area (Å²) in [6.45, 7) is 6.92. The maximum absolute atomic E-state index is 13.1. The SMILES string of the molecule is COc1cccc([C@@]2(C)NC(=O)N(CN(C)Cc3ccc(C(C)C)cc3)C2=O)c1. The van der Waals surface area contributed by atoms with Crippen LogP contribution < -0.4 is 10.1 Å². The molecule has 0 aromatic heterocycles. The Labute approximate surface area is 172 Å². The lowest BCUT2D eigenvalue weighted by molar-refractivity contribution is -0.132. The number of imide groups is 1. The Hall–Kier alpha value is -2.86. The first-order chi connectivity index (χ1) is 13.7. The Morgan fingerprint density at radius 2 is 1.83 bits per heavy atom. The number of carbonyl (C=O) groups is 2. The molecule has 0 unspecified atom stereocenters. The van der Waals surface area contributed by atoms with Gasteiger partial charge < -0.3 is 10.1 Å². The molecule has 6 heteroatoms. The number of nitrogens with zero attached hydrogens (tertiary/aromatic N) is 2. The number of hydrogen-bond acceptors (Lipinski definition) is 4. The van der Waals surface area contributed by atoms with E-state index in [9.17, 15) is 9.59 Å². The van der Waals surface area contributed by atoms with E-state index in [0.717, 1.165) is 5.56 Å². The summed E-state index contributed by atoms with van der Waals surface area (Å²) in [6, 6.07) is 15.3. The number of ether oxygens (including phenoxy) is 1. The molecule has 0 saturated carbocycles. The molecular formula is C23H29N3O3. The summed E-state index contributed by atoms with van der Waals surface area (Å²) in [5, 5.41) is 2.84. The van der Waals surface area contributed by atoms with Crippen LogP contribution in [0.4, 0.5) is 4.79 Å². The predicted molar refractivity (Wildman–Crippen MR) is 113 cm³/mol. The fourth-order valence-electron chi connectivity index (χ4n) is 3.57. The average Bonchev–Trinajstić information content (AvgIpc) is 2.92. The van der Waals surface area contributed by atoms with E-state index >= 15 is 0 Å². The summed E-state index contributed by atoms with van der Waals surface area (Å²) in [4.78, 5) is 28.9. The quantitative estimate of drug-likeness (QED) is 0.727. The number of rotatable bonds is 7. The molecule has 1 saturated heterocycles. The predicted octanol–water partition coefficient (Wildman–Crippen LogP) is 3.68. The first-order valence-corrected chi connectivity index (χ1v) is 9.80. The van der Waals surface area contributed by atoms with Crippen molar-refractivity contribution in [2.24, 2.45) is 0 Å². The van der Waals surface area contributed by atoms with Crippen molar-refractivity contribution in [1.29, 1.82) is 0 Å². The summed E-state index contributed by atoms with van der Waals surface area (Å²) in [5.74, 6) is 0.867. The van der Waals surface area contributed by atoms with Crippen molar-refractivity contribution in [2.45, 2.75) is 38.8 Å². The normalized spacial score (nSPS) is 19.2. The molecule has 3 amide bonds. The van der Waals surface area contributed by atoms with E-state index in [1.54, 1.807) is 20.1 Å². The monoisotopic (exact) mass is 395 g/mol. The van der Waals surface area contributed by atoms with Crippen LogP contribution in [0.3, 0.4) is 0 Å². The highest BCUT2D eigenvalue weighted by Crippen LogP contribution is 2.31. The maximum atomic E-state index is 13.1. The van der Waals surface area contributed by atoms with Crippen LogP contribution in [-0.2, 0) is 16.9 Å². The molecule has 0 aliphatic carbocycles. The number of amides is 3. The van der Waals surface area contributed by atoms with Crippen molar-refractivity contribution >= 4 is 11.9 Å². The molecule has 1 atom stereocenters. The van der Waals surface area contributed by atoms with Crippen molar-refractivity contribution in [3.8, 4) is 5.75 Å². The lowest BCUT2D eigenvalue weighted by atomic mass is 9.92. The zero-order valence-corrected chi connectivity index (χ0v) is 17.7. The number of benzene rings is 2. The Morgan fingerprint density at radius 1 is 1.14 bits per heavy atom. The standard InChI is InChI=1S/C23H29N3O3/c1-16(2)18-11-9-17(10-12-18)14-25(4)15-26-21(27)23(3,24-22(26)28)19-7-6-8-20(13-19)29-5/h6-13,16H,14-15H2,1-5H3,(H,24,28)/t23-/m1/s1. The third kappa shape index (κ3) is 4.27. The molecule has 1 N–H and O–H groups in total. The molecule has 1 heterocycles. The van der Waals surface area contributed by atoms with Crippen LogP contribution in [0.5, 0.6) is 5.75 Å². The minimum Gasteiger partial charge on any atom is -0.497 e. The van der Waals surface area contributed by atoms with Crippen LogP contribution in [0.1, 0.15) is 43.4 Å². The van der Waals surface area contributed by atoms with Gasteiger partial charge in [-0.2, -0.15) is 0 Å². The fraction of sp³-hybridized carbons (Fsp3) is 0.391. The maximum Gasteiger partial charge on any atom is 0.326 e. The molecule has 2 aromatic carbocycles. The summed E-state index contributed by atoms with van der Waals surface area (Å²) < 4.78 is 5.26. The Morgan fingerprint density at radius 3 is 2.45 bits per heavy atom. The van der Waals surface area contributed by atoms with Gasteiger partial charge in [-0.3, -0.25) is 9.69 Å². The van der Waals surface area contributed by atoms with Crippen LogP contribution in [0, 0.1) is 0 Å². The largest absolute Gasteiger partial charge is 0.497 e. The second-order valence-electron chi connectivity index (χ2n) is 8.07. The van der Waals surface area contributed by atoms with Crippen molar-refractivity contribution in [3.63, 3.8) is 0 Å². The van der Waals surface area contributed by atoms with Crippen molar-refractivity contribution < 1.29 is 14.3 Å². The summed E-state index contributed by atoms with van der Waals surface area (Å²) in [7, 11) is 3.48. The molecule has 0 radical (unpaired) electrons. The highest BCUT2D eigenvalue weighted by molar-refractivity contribution is 6.07. The summed E-state index contributed by atoms with van der Waals surface area (Å²) in [5.41, 5.74) is 2.02. The van der Waals surface area contributed by atoms with E-state index < -0.39 is 5.54 Å². The van der Waals surface area contributed by atoms with Gasteiger partial charge in [-0.05, 0) is 48.7 Å². The van der Waals surface area contributed by atoms with E-state index in [4.69, 9.17) is 4.74 Å². The molecule has 6 nitrogen and oxygen atoms in total. The van der Waals surface area contributed by atoms with Gasteiger partial charge in [0.1, 0.15) is 11.3 Å². The minimum absolute atomic E-state index is 0.218. The molecule has 0 bridgehead atoms. The van der Waals surface area contributed by atoms with Gasteiger partial charge in [0.05, 0.1) is 13.8 Å². The van der Waals surface area contributed by atoms with E-state index in [0.29, 0.717) is 23.8 Å².